The van der Waals surface area contributed by atoms with Crippen molar-refractivity contribution in [3.63, 3.8) is 0 Å². The van der Waals surface area contributed by atoms with E-state index in [4.69, 9.17) is 0 Å². The molecule has 0 N–H and O–H groups in total. The second-order valence-corrected chi connectivity index (χ2v) is 33.7. The van der Waals surface area contributed by atoms with Crippen molar-refractivity contribution in [1.29, 1.82) is 0 Å². The van der Waals surface area contributed by atoms with E-state index in [1.54, 1.807) is 4.70 Å². The SMILES string of the molecule is CCCCC=CC1=C(c2cc(CCCC)ccc2CCC=CCCCCCCCCCCCCCCCCC)[N+](=[N-])C(c2cc(CCCC)ccc2CCC=CCCCCCCCCCCCCCCCCC)=C1CCCC.[CH2-]CCCCCCCCCCCCCC.[CH2-]CCCCCCCCCCCCCC.[Ni+2]. The minimum atomic E-state index is 0. The summed E-state index contributed by atoms with van der Waals surface area (Å²) in [5, 5.41) is 0. The number of unbranched alkanes of at least 4 members (excludes halogenated alkanes) is 59. The first-order valence-electron chi connectivity index (χ1n) is 49.1. The average Bonchev–Trinajstić information content (AvgIpc) is 1.60. The predicted molar refractivity (Wildman–Crippen MR) is 492 cm³/mol. The van der Waals surface area contributed by atoms with E-state index >= 15 is 0 Å². The van der Waals surface area contributed by atoms with Gasteiger partial charge in [-0.1, -0.05) is 482 Å². The number of allylic oxidation sites excluding steroid dienone is 8. The number of benzene rings is 2. The Kier molecular flexibility index (Phi) is 82.5. The van der Waals surface area contributed by atoms with Crippen LogP contribution in [0.15, 0.2) is 84.0 Å². The van der Waals surface area contributed by atoms with Crippen molar-refractivity contribution in [2.24, 2.45) is 0 Å². The first-order valence-corrected chi connectivity index (χ1v) is 49.1. The van der Waals surface area contributed by atoms with Crippen LogP contribution in [0.2, 0.25) is 0 Å². The number of hydrogen-bond acceptors (Lipinski definition) is 0. The number of nitrogens with zero attached hydrogens (tertiary/aromatic N) is 2. The van der Waals surface area contributed by atoms with Crippen LogP contribution in [-0.4, -0.2) is 4.70 Å². The van der Waals surface area contributed by atoms with E-state index in [2.05, 4.69) is 142 Å². The molecule has 0 aromatic heterocycles. The number of hydrogen-bond donors (Lipinski definition) is 0. The van der Waals surface area contributed by atoms with Crippen LogP contribution in [0.25, 0.3) is 16.9 Å². The molecule has 0 fully saturated rings. The Morgan fingerprint density at radius 3 is 0.798 bits per heavy atom. The molecule has 2 aromatic rings. The molecule has 1 aliphatic rings. The minimum Gasteiger partial charge on any atom is -0.493 e. The first kappa shape index (κ1) is 106. The third kappa shape index (κ3) is 61.3. The van der Waals surface area contributed by atoms with Gasteiger partial charge in [0.1, 0.15) is 0 Å². The third-order valence-corrected chi connectivity index (χ3v) is 23.2. The van der Waals surface area contributed by atoms with Gasteiger partial charge in [0.05, 0.1) is 11.1 Å². The number of aryl methyl sites for hydroxylation is 4. The molecule has 0 amide bonds. The molecule has 3 heteroatoms. The molecular formula is C106H188N2Ni. The van der Waals surface area contributed by atoms with Gasteiger partial charge in [0.15, 0.2) is 0 Å². The third-order valence-electron chi connectivity index (χ3n) is 23.2. The van der Waals surface area contributed by atoms with Crippen LogP contribution in [-0.2, 0) is 42.2 Å². The molecule has 632 valence electrons. The zero-order valence-electron chi connectivity index (χ0n) is 74.9. The van der Waals surface area contributed by atoms with Gasteiger partial charge in [-0.15, -0.1) is 0 Å². The standard InChI is InChI=1S/C76H126N2.2C15H31.Ni/c1-7-13-19-22-24-26-28-30-32-34-36-38-40-42-44-46-48-50-52-57-69-63-61-67(55-16-10-4)65-73(69)75-71(59-18-12-6)72(60-54-21-15-9-3)76(78(75)77)74-66-68(56-17-11-5)62-64-70(74)58-53-51-49-47-45-43-41-39-37-35-33-31-29-27-25-23-20-14-8-2;2*1-3-5-7-9-11-13-15-14-12-10-8-6-4-2;/h48-51,54,60-66H,7-47,52-53,55-59H2,1-6H3;2*1,3-15H2,2H3;/q;2*-1;+2. The van der Waals surface area contributed by atoms with Crippen LogP contribution < -0.4 is 0 Å². The van der Waals surface area contributed by atoms with Gasteiger partial charge in [0, 0.05) is 11.1 Å². The number of rotatable bonds is 77. The van der Waals surface area contributed by atoms with Gasteiger partial charge in [-0.05, 0) is 131 Å². The zero-order valence-corrected chi connectivity index (χ0v) is 75.9. The van der Waals surface area contributed by atoms with Crippen LogP contribution in [0.4, 0.5) is 0 Å². The van der Waals surface area contributed by atoms with Gasteiger partial charge in [0.2, 0.25) is 11.4 Å². The largest absolute Gasteiger partial charge is 2.00 e. The maximum atomic E-state index is 13.1. The summed E-state index contributed by atoms with van der Waals surface area (Å²) in [4.78, 5) is 0. The normalized spacial score (nSPS) is 12.4. The van der Waals surface area contributed by atoms with Crippen LogP contribution in [0.5, 0.6) is 0 Å². The molecule has 0 unspecified atom stereocenters. The van der Waals surface area contributed by atoms with Gasteiger partial charge in [-0.3, -0.25) is 0 Å². The molecule has 2 aromatic carbocycles. The summed E-state index contributed by atoms with van der Waals surface area (Å²) in [5.41, 5.74) is 25.7. The topological polar surface area (TPSA) is 25.3 Å². The van der Waals surface area contributed by atoms with E-state index in [1.807, 2.05) is 0 Å². The summed E-state index contributed by atoms with van der Waals surface area (Å²) < 4.78 is 1.69. The molecule has 1 heterocycles. The smallest absolute Gasteiger partial charge is 0.493 e. The minimum absolute atomic E-state index is 0. The molecule has 0 bridgehead atoms. The molecule has 0 saturated carbocycles. The quantitative estimate of drug-likeness (QED) is 0.0207. The fourth-order valence-corrected chi connectivity index (χ4v) is 15.9. The second kappa shape index (κ2) is 84.6. The van der Waals surface area contributed by atoms with Crippen molar-refractivity contribution >= 4 is 11.4 Å². The predicted octanol–water partition coefficient (Wildman–Crippen LogP) is 37.8. The summed E-state index contributed by atoms with van der Waals surface area (Å²) in [6.07, 6.45) is 114. The molecule has 109 heavy (non-hydrogen) atoms. The summed E-state index contributed by atoms with van der Waals surface area (Å²) >= 11 is 0. The van der Waals surface area contributed by atoms with E-state index in [0.717, 1.165) is 88.4 Å². The second-order valence-electron chi connectivity index (χ2n) is 33.7. The van der Waals surface area contributed by atoms with Crippen LogP contribution >= 0.6 is 0 Å². The maximum absolute atomic E-state index is 13.1. The Morgan fingerprint density at radius 2 is 0.505 bits per heavy atom. The molecule has 1 aliphatic heterocycles. The van der Waals surface area contributed by atoms with Crippen molar-refractivity contribution in [3.05, 3.63) is 137 Å². The van der Waals surface area contributed by atoms with E-state index in [1.165, 1.54) is 443 Å². The Bertz CT molecular complexity index is 2360. The van der Waals surface area contributed by atoms with Gasteiger partial charge >= 0.3 is 16.5 Å². The average molecular weight is 1550 g/mol. The fraction of sp³-hybridized carbons (Fsp3) is 0.774. The van der Waals surface area contributed by atoms with Crippen LogP contribution in [0.3, 0.4) is 0 Å². The van der Waals surface area contributed by atoms with E-state index in [-0.39, 0.29) is 16.5 Å². The molecule has 2 nitrogen and oxygen atoms in total. The van der Waals surface area contributed by atoms with Crippen molar-refractivity contribution in [3.8, 4) is 0 Å². The Morgan fingerprint density at radius 1 is 0.257 bits per heavy atom. The van der Waals surface area contributed by atoms with Crippen molar-refractivity contribution in [1.82, 2.24) is 0 Å². The van der Waals surface area contributed by atoms with E-state index in [0.29, 0.717) is 0 Å². The zero-order chi connectivity index (χ0) is 78.2. The van der Waals surface area contributed by atoms with Gasteiger partial charge < -0.3 is 19.4 Å². The van der Waals surface area contributed by atoms with Crippen molar-refractivity contribution in [2.75, 3.05) is 0 Å². The summed E-state index contributed by atoms with van der Waals surface area (Å²) in [7, 11) is 0. The summed E-state index contributed by atoms with van der Waals surface area (Å²) in [6.45, 7) is 26.1. The Hall–Kier alpha value is -2.77. The Balaban J connectivity index is 0.00000311. The molecular weight excluding hydrogens is 1360 g/mol. The van der Waals surface area contributed by atoms with Gasteiger partial charge in [-0.25, -0.2) is 4.70 Å². The summed E-state index contributed by atoms with van der Waals surface area (Å²) in [5.74, 6) is 0. The first-order chi connectivity index (χ1) is 53.4. The molecule has 0 aliphatic carbocycles. The fourth-order valence-electron chi connectivity index (χ4n) is 15.9. The van der Waals surface area contributed by atoms with Crippen molar-refractivity contribution < 1.29 is 21.2 Å². The molecule has 0 saturated heterocycles. The monoisotopic (exact) mass is 1550 g/mol. The molecule has 0 radical (unpaired) electrons. The molecule has 0 spiro atoms. The molecule has 3 rings (SSSR count). The van der Waals surface area contributed by atoms with Crippen LogP contribution in [0, 0.1) is 13.8 Å². The van der Waals surface area contributed by atoms with Crippen LogP contribution in [0.1, 0.15) is 538 Å². The Labute approximate surface area is 695 Å². The van der Waals surface area contributed by atoms with Crippen molar-refractivity contribution in [2.45, 2.75) is 531 Å². The van der Waals surface area contributed by atoms with E-state index in [9.17, 15) is 5.53 Å². The van der Waals surface area contributed by atoms with E-state index < -0.39 is 0 Å². The summed E-state index contributed by atoms with van der Waals surface area (Å²) in [6, 6.07) is 14.5. The maximum Gasteiger partial charge on any atom is 2.00 e. The molecule has 0 atom stereocenters. The van der Waals surface area contributed by atoms with Gasteiger partial charge in [-0.2, -0.15) is 12.8 Å². The van der Waals surface area contributed by atoms with Gasteiger partial charge in [0.25, 0.3) is 0 Å².